The summed E-state index contributed by atoms with van der Waals surface area (Å²) in [6.45, 7) is 7.51. The molecule has 1 aromatic carbocycles. The smallest absolute Gasteiger partial charge is 0.338 e. The third-order valence-electron chi connectivity index (χ3n) is 3.98. The fraction of sp³-hybridized carbons (Fsp3) is 0.238. The molecular formula is C21H23N5O2. The molecule has 2 heterocycles. The zero-order chi connectivity index (χ0) is 20.5. The number of nitrogens with two attached hydrogens (primary N) is 2. The lowest BCUT2D eigenvalue weighted by Crippen LogP contribution is -2.23. The molecule has 28 heavy (non-hydrogen) atoms. The summed E-state index contributed by atoms with van der Waals surface area (Å²) in [5.41, 5.74) is 14.8. The van der Waals surface area contributed by atoms with Crippen LogP contribution in [0.4, 0.5) is 11.8 Å². The predicted octanol–water partition coefficient (Wildman–Crippen LogP) is 3.71. The van der Waals surface area contributed by atoms with E-state index in [1.54, 1.807) is 18.3 Å². The van der Waals surface area contributed by atoms with Crippen LogP contribution in [0.25, 0.3) is 22.7 Å². The number of hydrogen-bond donors (Lipinski definition) is 2. The fourth-order valence-electron chi connectivity index (χ4n) is 2.69. The molecule has 0 fully saturated rings. The highest BCUT2D eigenvalue weighted by molar-refractivity contribution is 5.92. The number of rotatable bonds is 3. The minimum Gasteiger partial charge on any atom is -0.456 e. The number of carbonyl (C=O) groups is 1. The average Bonchev–Trinajstić information content (AvgIpc) is 2.61. The van der Waals surface area contributed by atoms with Crippen molar-refractivity contribution in [3.05, 3.63) is 53.2 Å². The van der Waals surface area contributed by atoms with Gasteiger partial charge in [-0.1, -0.05) is 12.1 Å². The first-order valence-electron chi connectivity index (χ1n) is 8.83. The van der Waals surface area contributed by atoms with Gasteiger partial charge in [0.25, 0.3) is 0 Å². The molecular weight excluding hydrogens is 354 g/mol. The van der Waals surface area contributed by atoms with Crippen molar-refractivity contribution in [1.82, 2.24) is 15.0 Å². The van der Waals surface area contributed by atoms with Gasteiger partial charge in [0, 0.05) is 6.20 Å². The summed E-state index contributed by atoms with van der Waals surface area (Å²) in [6.07, 6.45) is 3.68. The summed E-state index contributed by atoms with van der Waals surface area (Å²) in [4.78, 5) is 24.5. The van der Waals surface area contributed by atoms with Crippen molar-refractivity contribution in [2.75, 3.05) is 11.5 Å². The molecule has 0 unspecified atom stereocenters. The first-order chi connectivity index (χ1) is 13.1. The van der Waals surface area contributed by atoms with Gasteiger partial charge < -0.3 is 16.2 Å². The Hall–Kier alpha value is -3.48. The molecule has 3 aromatic rings. The van der Waals surface area contributed by atoms with Gasteiger partial charge >= 0.3 is 5.97 Å². The number of aromatic nitrogens is 3. The Morgan fingerprint density at radius 2 is 1.71 bits per heavy atom. The van der Waals surface area contributed by atoms with Crippen LogP contribution in [0.3, 0.4) is 0 Å². The molecule has 0 spiro atoms. The van der Waals surface area contributed by atoms with Crippen molar-refractivity contribution in [3.8, 4) is 0 Å². The molecule has 2 aromatic heterocycles. The van der Waals surface area contributed by atoms with Gasteiger partial charge in [0.1, 0.15) is 11.4 Å². The molecule has 0 bridgehead atoms. The van der Waals surface area contributed by atoms with Crippen molar-refractivity contribution in [3.63, 3.8) is 0 Å². The minimum absolute atomic E-state index is 0.0991. The van der Waals surface area contributed by atoms with E-state index < -0.39 is 5.60 Å². The van der Waals surface area contributed by atoms with Crippen LogP contribution in [-0.2, 0) is 4.74 Å². The average molecular weight is 377 g/mol. The molecule has 144 valence electrons. The lowest BCUT2D eigenvalue weighted by atomic mass is 10.0. The number of fused-ring (bicyclic) bond motifs is 1. The van der Waals surface area contributed by atoms with Crippen LogP contribution >= 0.6 is 0 Å². The van der Waals surface area contributed by atoms with Gasteiger partial charge in [-0.2, -0.15) is 9.97 Å². The molecule has 0 saturated carbocycles. The van der Waals surface area contributed by atoms with E-state index in [9.17, 15) is 4.79 Å². The van der Waals surface area contributed by atoms with Crippen LogP contribution in [0, 0.1) is 0 Å². The number of nitrogen functional groups attached to an aromatic ring is 2. The summed E-state index contributed by atoms with van der Waals surface area (Å²) in [7, 11) is 0. The Kier molecular flexibility index (Phi) is 5.00. The summed E-state index contributed by atoms with van der Waals surface area (Å²) in [5, 5.41) is 0.649. The molecule has 3 rings (SSSR count). The quantitative estimate of drug-likeness (QED) is 0.668. The summed E-state index contributed by atoms with van der Waals surface area (Å²) < 4.78 is 5.39. The van der Waals surface area contributed by atoms with Gasteiger partial charge in [0.2, 0.25) is 5.95 Å². The molecule has 0 amide bonds. The van der Waals surface area contributed by atoms with Crippen LogP contribution in [-0.4, -0.2) is 26.5 Å². The van der Waals surface area contributed by atoms with E-state index in [-0.39, 0.29) is 11.9 Å². The Labute approximate surface area is 163 Å². The van der Waals surface area contributed by atoms with Crippen molar-refractivity contribution in [2.45, 2.75) is 33.3 Å². The molecule has 0 aliphatic rings. The van der Waals surface area contributed by atoms with E-state index in [0.29, 0.717) is 22.4 Å². The Balaban J connectivity index is 1.85. The van der Waals surface area contributed by atoms with E-state index >= 15 is 0 Å². The van der Waals surface area contributed by atoms with Gasteiger partial charge in [0.05, 0.1) is 10.9 Å². The molecule has 4 N–H and O–H groups in total. The second kappa shape index (κ2) is 7.26. The number of esters is 1. The van der Waals surface area contributed by atoms with Crippen molar-refractivity contribution >= 4 is 40.4 Å². The Bertz CT molecular complexity index is 1070. The van der Waals surface area contributed by atoms with Gasteiger partial charge in [-0.25, -0.2) is 9.78 Å². The monoisotopic (exact) mass is 377 g/mol. The van der Waals surface area contributed by atoms with Crippen molar-refractivity contribution in [1.29, 1.82) is 0 Å². The highest BCUT2D eigenvalue weighted by Crippen LogP contribution is 2.23. The molecule has 0 saturated heterocycles. The molecule has 0 aliphatic carbocycles. The zero-order valence-electron chi connectivity index (χ0n) is 16.4. The van der Waals surface area contributed by atoms with Crippen molar-refractivity contribution < 1.29 is 9.53 Å². The number of nitrogens with zero attached hydrogens (tertiary/aromatic N) is 3. The Morgan fingerprint density at radius 3 is 2.36 bits per heavy atom. The minimum atomic E-state index is -0.523. The van der Waals surface area contributed by atoms with Crippen molar-refractivity contribution in [2.24, 2.45) is 0 Å². The normalized spacial score (nSPS) is 12.2. The van der Waals surface area contributed by atoms with E-state index in [4.69, 9.17) is 16.2 Å². The van der Waals surface area contributed by atoms with Crippen LogP contribution in [0.5, 0.6) is 0 Å². The number of hydrogen-bond acceptors (Lipinski definition) is 7. The number of allylic oxidation sites excluding steroid dienone is 1. The van der Waals surface area contributed by atoms with Crippen LogP contribution in [0.15, 0.2) is 36.5 Å². The predicted molar refractivity (Wildman–Crippen MR) is 111 cm³/mol. The SMILES string of the molecule is CC(=Cc1cnc2nc(N)nc(N)c2c1)c1ccc(C(=O)OC(C)(C)C)cc1. The summed E-state index contributed by atoms with van der Waals surface area (Å²) >= 11 is 0. The van der Waals surface area contributed by atoms with E-state index in [1.807, 2.05) is 52.0 Å². The Morgan fingerprint density at radius 1 is 1.07 bits per heavy atom. The molecule has 7 nitrogen and oxygen atoms in total. The van der Waals surface area contributed by atoms with Gasteiger partial charge in [0.15, 0.2) is 5.65 Å². The highest BCUT2D eigenvalue weighted by Gasteiger charge is 2.17. The topological polar surface area (TPSA) is 117 Å². The van der Waals surface area contributed by atoms with Gasteiger partial charge in [-0.15, -0.1) is 0 Å². The fourth-order valence-corrected chi connectivity index (χ4v) is 2.69. The van der Waals surface area contributed by atoms with E-state index in [2.05, 4.69) is 15.0 Å². The number of carbonyl (C=O) groups excluding carboxylic acids is 1. The van der Waals surface area contributed by atoms with Gasteiger partial charge in [-0.3, -0.25) is 0 Å². The first kappa shape index (κ1) is 19.3. The third-order valence-corrected chi connectivity index (χ3v) is 3.98. The zero-order valence-corrected chi connectivity index (χ0v) is 16.4. The molecule has 0 aliphatic heterocycles. The summed E-state index contributed by atoms with van der Waals surface area (Å²) in [5.74, 6) is 0.0563. The van der Waals surface area contributed by atoms with Crippen LogP contribution in [0.2, 0.25) is 0 Å². The second-order valence-electron chi connectivity index (χ2n) is 7.51. The maximum Gasteiger partial charge on any atom is 0.338 e. The molecule has 0 atom stereocenters. The standard InChI is InChI=1S/C21H23N5O2/c1-12(14-5-7-15(8-6-14)19(27)28-21(2,3)4)9-13-10-16-17(22)25-20(23)26-18(16)24-11-13/h5-11H,1-4H3,(H4,22,23,24,25,26). The number of pyridine rings is 1. The maximum absolute atomic E-state index is 12.1. The molecule has 0 radical (unpaired) electrons. The lowest BCUT2D eigenvalue weighted by Gasteiger charge is -2.19. The second-order valence-corrected chi connectivity index (χ2v) is 7.51. The molecule has 7 heteroatoms. The van der Waals surface area contributed by atoms with E-state index in [1.165, 1.54) is 0 Å². The maximum atomic E-state index is 12.1. The van der Waals surface area contributed by atoms with E-state index in [0.717, 1.165) is 16.7 Å². The number of anilines is 2. The highest BCUT2D eigenvalue weighted by atomic mass is 16.6. The third kappa shape index (κ3) is 4.43. The van der Waals surface area contributed by atoms with Gasteiger partial charge in [-0.05, 0) is 68.7 Å². The number of ether oxygens (including phenoxy) is 1. The first-order valence-corrected chi connectivity index (χ1v) is 8.83. The van der Waals surface area contributed by atoms with Crippen LogP contribution < -0.4 is 11.5 Å². The summed E-state index contributed by atoms with van der Waals surface area (Å²) in [6, 6.07) is 9.16. The van der Waals surface area contributed by atoms with Crippen LogP contribution in [0.1, 0.15) is 49.2 Å². The lowest BCUT2D eigenvalue weighted by molar-refractivity contribution is 0.00695. The number of benzene rings is 1. The largest absolute Gasteiger partial charge is 0.456 e.